The highest BCUT2D eigenvalue weighted by Gasteiger charge is 2.45. The van der Waals surface area contributed by atoms with E-state index in [1.54, 1.807) is 27.9 Å². The number of carbonyl (C=O) groups is 6. The van der Waals surface area contributed by atoms with E-state index in [9.17, 15) is 79.3 Å². The van der Waals surface area contributed by atoms with Crippen LogP contribution in [0.2, 0.25) is 0 Å². The van der Waals surface area contributed by atoms with E-state index in [2.05, 4.69) is 35.6 Å². The van der Waals surface area contributed by atoms with Gasteiger partial charge in [0, 0.05) is 123 Å². The number of rotatable bonds is 54. The van der Waals surface area contributed by atoms with E-state index >= 15 is 0 Å². The highest BCUT2D eigenvalue weighted by atomic mass is 31.2. The molecule has 0 spiro atoms. The molecular weight excluding hydrogens is 1370 g/mol. The van der Waals surface area contributed by atoms with E-state index in [4.69, 9.17) is 43.8 Å². The molecule has 33 heteroatoms. The monoisotopic (exact) mass is 1510 g/mol. The molecule has 3 heterocycles. The molecule has 3 fully saturated rings. The lowest BCUT2D eigenvalue weighted by Crippen LogP contribution is -2.55. The van der Waals surface area contributed by atoms with Crippen molar-refractivity contribution in [3.63, 3.8) is 0 Å². The number of methoxy groups -OCH3 is 1. The molecule has 32 nitrogen and oxygen atoms in total. The molecular formula is C70H139N6O26P. The van der Waals surface area contributed by atoms with Crippen LogP contribution in [0.5, 0.6) is 0 Å². The van der Waals surface area contributed by atoms with Gasteiger partial charge < -0.3 is 116 Å². The lowest BCUT2D eigenvalue weighted by molar-refractivity contribution is -0.282. The van der Waals surface area contributed by atoms with Crippen LogP contribution in [0.1, 0.15) is 210 Å². The van der Waals surface area contributed by atoms with Crippen LogP contribution in [0.4, 0.5) is 0 Å². The number of nitrogens with two attached hydrogens (primary N) is 1. The molecule has 3 saturated heterocycles. The number of Topliss-reactive ketones (excluding diaryl/α,β-unsaturated/α-hetero) is 1. The minimum absolute atomic E-state index is 0. The van der Waals surface area contributed by atoms with Crippen LogP contribution in [0.25, 0.3) is 0 Å². The molecule has 103 heavy (non-hydrogen) atoms. The fourth-order valence-electron chi connectivity index (χ4n) is 11.2. The Hall–Kier alpha value is -3.55. The first-order valence-corrected chi connectivity index (χ1v) is 38.2. The van der Waals surface area contributed by atoms with Crippen molar-refractivity contribution in [3.8, 4) is 0 Å². The van der Waals surface area contributed by atoms with Crippen LogP contribution in [-0.4, -0.2) is 266 Å². The van der Waals surface area contributed by atoms with Gasteiger partial charge >= 0.3 is 7.82 Å². The maximum Gasteiger partial charge on any atom is 0.471 e. The van der Waals surface area contributed by atoms with Crippen LogP contribution in [0.15, 0.2) is 0 Å². The van der Waals surface area contributed by atoms with Crippen LogP contribution >= 0.6 is 7.82 Å². The number of phosphoric ester groups is 1. The third kappa shape index (κ3) is 43.3. The molecule has 0 aromatic carbocycles. The fraction of sp³-hybridized carbons (Fsp3) is 0.914. The second-order valence-corrected chi connectivity index (χ2v) is 27.4. The Balaban J connectivity index is 0. The Morgan fingerprint density at radius 1 is 0.456 bits per heavy atom. The average molecular weight is 1510 g/mol. The lowest BCUT2D eigenvalue weighted by atomic mass is 9.91. The van der Waals surface area contributed by atoms with Crippen molar-refractivity contribution in [2.75, 3.05) is 99.8 Å². The maximum absolute atomic E-state index is 14.3. The van der Waals surface area contributed by atoms with Crippen molar-refractivity contribution < 1.29 is 126 Å². The third-order valence-electron chi connectivity index (χ3n) is 17.7. The molecule has 18 atom stereocenters. The van der Waals surface area contributed by atoms with Crippen LogP contribution in [0, 0.1) is 23.7 Å². The summed E-state index contributed by atoms with van der Waals surface area (Å²) in [5, 5.41) is 104. The van der Waals surface area contributed by atoms with Crippen LogP contribution in [0.3, 0.4) is 0 Å². The molecule has 17 N–H and O–H groups in total. The number of nitrogens with one attached hydrogen (secondary N) is 5. The summed E-state index contributed by atoms with van der Waals surface area (Å²) < 4.78 is 58.8. The number of aliphatic hydroxyl groups is 9. The Bertz CT molecular complexity index is 2240. The number of amides is 5. The second-order valence-electron chi connectivity index (χ2n) is 25.8. The van der Waals surface area contributed by atoms with Gasteiger partial charge in [-0.2, -0.15) is 0 Å². The number of unbranched alkanes of at least 4 members (excludes halogenated alkanes) is 10. The first kappa shape index (κ1) is 102. The molecule has 0 aromatic heterocycles. The third-order valence-corrected chi connectivity index (χ3v) is 18.7. The van der Waals surface area contributed by atoms with E-state index in [0.29, 0.717) is 142 Å². The van der Waals surface area contributed by atoms with E-state index in [-0.39, 0.29) is 103 Å². The standard InChI is InChI=1S/C59H107N5O22.C7H18NO4P.C2H6.2CH4/c1-37-50(73)53(76)43(34-65)84-57(37)81-30-15-9-22-47(70)60-25-13-7-19-40(56(79)63-27-12-5-6-21-46(69)62-28-18-29-80-4)33-42(68)41(64-49(72)24-11-17-32-83-59-39(3)52(75)55(78)45(36-67)86-59)20-8-14-26-61-48(71)23-10-16-31-82-58-38(2)51(74)54(77)44(35-66)85-58;1-11-13(9,10)12-7-5-3-2-4-6-8;1-2;;/h37-41,43-45,50-55,57-59,65-67,73-78H,5-36H2,1-4H3,(H,60,70)(H,61,71)(H,62,69)(H,63,79)(H,64,72);2-8H2,1H3,(H,9,10);1-2H3;2*1H4/t37?,38?,39?,40?,41?,43?,44?,45?,50-,51-,52-,53+,54+,55+,57-,58-,59-;;;;/m1..../s1. The predicted molar refractivity (Wildman–Crippen MR) is 385 cm³/mol. The highest BCUT2D eigenvalue weighted by Crippen LogP contribution is 2.42. The second kappa shape index (κ2) is 61.3. The SMILES string of the molecule is C.C.CC.COCCCNC(=O)CCCCCNC(=O)C(CCCCNC(=O)CCCCO[C@@H]1OC(CO)[C@H](O)[C@H](O)C1C)CC(=O)C(CCCCNC(=O)CCCCO[C@@H]1OC(CO)[C@H](O)[C@H](O)C1C)NC(=O)CCCCO[C@@H]1OC(CO)[C@H](O)[C@H](O)C1C.COP(=O)(O)OCCCCCCN. The number of hydrogen-bond donors (Lipinski definition) is 16. The highest BCUT2D eigenvalue weighted by molar-refractivity contribution is 7.47. The quantitative estimate of drug-likeness (QED) is 0.0307. The largest absolute Gasteiger partial charge is 0.471 e. The summed E-state index contributed by atoms with van der Waals surface area (Å²) in [4.78, 5) is 88.3. The normalized spacial score (nSPS) is 25.6. The molecule has 5 amide bonds. The maximum atomic E-state index is 14.3. The number of carbonyl (C=O) groups excluding carboxylic acids is 6. The lowest BCUT2D eigenvalue weighted by Gasteiger charge is -2.40. The van der Waals surface area contributed by atoms with E-state index < -0.39 is 137 Å². The zero-order valence-electron chi connectivity index (χ0n) is 61.2. The number of ether oxygens (including phenoxy) is 7. The van der Waals surface area contributed by atoms with Crippen LogP contribution < -0.4 is 32.3 Å². The first-order valence-electron chi connectivity index (χ1n) is 36.7. The molecule has 3 aliphatic rings. The van der Waals surface area contributed by atoms with E-state index in [0.717, 1.165) is 32.8 Å². The molecule has 0 aliphatic carbocycles. The molecule has 0 bridgehead atoms. The van der Waals surface area contributed by atoms with Crippen LogP contribution in [-0.2, 0) is 75.5 Å². The summed E-state index contributed by atoms with van der Waals surface area (Å²) in [6.07, 6.45) is -0.510. The fourth-order valence-corrected chi connectivity index (χ4v) is 11.7. The Kier molecular flexibility index (Phi) is 60.5. The number of aliphatic hydroxyl groups excluding tert-OH is 9. The van der Waals surface area contributed by atoms with Gasteiger partial charge in [0.15, 0.2) is 24.7 Å². The Morgan fingerprint density at radius 3 is 1.22 bits per heavy atom. The van der Waals surface area contributed by atoms with Gasteiger partial charge in [0.05, 0.1) is 50.8 Å². The average Bonchev–Trinajstić information content (AvgIpc) is 0.835. The molecule has 0 aromatic rings. The van der Waals surface area contributed by atoms with Gasteiger partial charge in [-0.1, -0.05) is 75.2 Å². The molecule has 3 aliphatic heterocycles. The molecule has 9 unspecified atom stereocenters. The van der Waals surface area contributed by atoms with Crippen molar-refractivity contribution in [2.24, 2.45) is 29.4 Å². The zero-order chi connectivity index (χ0) is 75.5. The minimum Gasteiger partial charge on any atom is -0.394 e. The molecule has 0 radical (unpaired) electrons. The Morgan fingerprint density at radius 2 is 0.816 bits per heavy atom. The van der Waals surface area contributed by atoms with Gasteiger partial charge in [-0.05, 0) is 109 Å². The number of phosphoric acid groups is 1. The van der Waals surface area contributed by atoms with Gasteiger partial charge in [-0.3, -0.25) is 37.8 Å². The van der Waals surface area contributed by atoms with Crippen molar-refractivity contribution >= 4 is 43.1 Å². The Labute approximate surface area is 612 Å². The topological polar surface area (TPSA) is 491 Å². The predicted octanol–water partition coefficient (Wildman–Crippen LogP) is 2.80. The summed E-state index contributed by atoms with van der Waals surface area (Å²) in [6.45, 7) is 11.1. The zero-order valence-corrected chi connectivity index (χ0v) is 62.1. The number of ketones is 1. The van der Waals surface area contributed by atoms with Crippen molar-refractivity contribution in [1.82, 2.24) is 26.6 Å². The summed E-state index contributed by atoms with van der Waals surface area (Å²) in [7, 11) is -1.01. The van der Waals surface area contributed by atoms with Crippen molar-refractivity contribution in [3.05, 3.63) is 0 Å². The first-order chi connectivity index (χ1) is 48.4. The van der Waals surface area contributed by atoms with E-state index in [1.807, 2.05) is 13.8 Å². The van der Waals surface area contributed by atoms with Gasteiger partial charge in [0.1, 0.15) is 36.6 Å². The van der Waals surface area contributed by atoms with Gasteiger partial charge in [0.2, 0.25) is 29.5 Å². The van der Waals surface area contributed by atoms with Gasteiger partial charge in [-0.25, -0.2) is 4.57 Å². The molecule has 0 saturated carbocycles. The van der Waals surface area contributed by atoms with Crippen molar-refractivity contribution in [1.29, 1.82) is 0 Å². The number of hydrogen-bond acceptors (Lipinski definition) is 26. The summed E-state index contributed by atoms with van der Waals surface area (Å²) in [5.41, 5.74) is 5.30. The molecule has 3 rings (SSSR count). The van der Waals surface area contributed by atoms with Gasteiger partial charge in [-0.15, -0.1) is 0 Å². The summed E-state index contributed by atoms with van der Waals surface area (Å²) >= 11 is 0. The summed E-state index contributed by atoms with van der Waals surface area (Å²) in [6, 6.07) is -0.960. The summed E-state index contributed by atoms with van der Waals surface area (Å²) in [5.74, 6) is -3.93. The van der Waals surface area contributed by atoms with Crippen molar-refractivity contribution in [2.45, 2.75) is 290 Å². The smallest absolute Gasteiger partial charge is 0.394 e. The molecule has 610 valence electrons. The minimum atomic E-state index is -3.75. The van der Waals surface area contributed by atoms with E-state index in [1.165, 1.54) is 0 Å². The van der Waals surface area contributed by atoms with Gasteiger partial charge in [0.25, 0.3) is 0 Å².